The topological polar surface area (TPSA) is 104 Å². The number of Topliss-reactive ketones (excluding diaryl/α,β-unsaturated/α-hetero) is 1. The summed E-state index contributed by atoms with van der Waals surface area (Å²) < 4.78 is 0. The van der Waals surface area contributed by atoms with E-state index in [0.717, 1.165) is 4.88 Å². The van der Waals surface area contributed by atoms with Crippen LogP contribution in [0, 0.1) is 5.92 Å². The summed E-state index contributed by atoms with van der Waals surface area (Å²) >= 11 is 1.47. The monoisotopic (exact) mass is 351 g/mol. The van der Waals surface area contributed by atoms with Gasteiger partial charge in [-0.1, -0.05) is 19.9 Å². The number of ketones is 1. The zero-order chi connectivity index (χ0) is 17.7. The zero-order valence-corrected chi connectivity index (χ0v) is 14.4. The number of rotatable bonds is 6. The summed E-state index contributed by atoms with van der Waals surface area (Å²) in [5.41, 5.74) is 0. The van der Waals surface area contributed by atoms with Gasteiger partial charge in [-0.2, -0.15) is 0 Å². The van der Waals surface area contributed by atoms with Crippen molar-refractivity contribution >= 4 is 34.8 Å². The van der Waals surface area contributed by atoms with Gasteiger partial charge in [0.1, 0.15) is 6.04 Å². The molecule has 1 fully saturated rings. The Morgan fingerprint density at radius 1 is 1.38 bits per heavy atom. The van der Waals surface area contributed by atoms with E-state index in [1.807, 2.05) is 31.4 Å². The summed E-state index contributed by atoms with van der Waals surface area (Å²) in [4.78, 5) is 48.6. The highest BCUT2D eigenvalue weighted by molar-refractivity contribution is 7.10. The number of hydrogen-bond acceptors (Lipinski definition) is 5. The fourth-order valence-electron chi connectivity index (χ4n) is 2.44. The van der Waals surface area contributed by atoms with Crippen molar-refractivity contribution in [3.63, 3.8) is 0 Å². The van der Waals surface area contributed by atoms with E-state index in [-0.39, 0.29) is 18.2 Å². The Bertz CT molecular complexity index is 627. The molecule has 0 spiro atoms. The number of amides is 3. The van der Waals surface area contributed by atoms with Gasteiger partial charge in [0.05, 0.1) is 12.5 Å². The number of carbonyl (C=O) groups excluding carboxylic acids is 4. The standard InChI is InChI=1S/C16H21N3O4S/c1-9(2)13(19-12(20)8-10-4-3-7-24-10)15(22)18-11-5-6-17-16(23)14(11)21/h3-4,7,9,11,13H,5-6,8H2,1-2H3,(H,17,23)(H,18,22)(H,19,20). The van der Waals surface area contributed by atoms with Crippen LogP contribution in [-0.2, 0) is 25.6 Å². The third kappa shape index (κ3) is 4.64. The maximum absolute atomic E-state index is 12.4. The second kappa shape index (κ2) is 8.05. The van der Waals surface area contributed by atoms with Crippen LogP contribution in [0.5, 0.6) is 0 Å². The minimum Gasteiger partial charge on any atom is -0.349 e. The predicted molar refractivity (Wildman–Crippen MR) is 89.4 cm³/mol. The lowest BCUT2D eigenvalue weighted by molar-refractivity contribution is -0.142. The van der Waals surface area contributed by atoms with E-state index in [9.17, 15) is 19.2 Å². The zero-order valence-electron chi connectivity index (χ0n) is 13.6. The van der Waals surface area contributed by atoms with Crippen LogP contribution < -0.4 is 16.0 Å². The Kier molecular flexibility index (Phi) is 6.08. The van der Waals surface area contributed by atoms with Crippen molar-refractivity contribution in [2.24, 2.45) is 5.92 Å². The quantitative estimate of drug-likeness (QED) is 0.628. The number of carbonyl (C=O) groups is 4. The van der Waals surface area contributed by atoms with Crippen LogP contribution in [0.1, 0.15) is 25.1 Å². The Hall–Kier alpha value is -2.22. The molecule has 0 aliphatic carbocycles. The van der Waals surface area contributed by atoms with Crippen LogP contribution in [0.15, 0.2) is 17.5 Å². The molecule has 0 radical (unpaired) electrons. The molecule has 0 saturated carbocycles. The lowest BCUT2D eigenvalue weighted by Gasteiger charge is -2.26. The third-order valence-corrected chi connectivity index (χ3v) is 4.63. The lowest BCUT2D eigenvalue weighted by atomic mass is 10.00. The van der Waals surface area contributed by atoms with Gasteiger partial charge < -0.3 is 16.0 Å². The highest BCUT2D eigenvalue weighted by Crippen LogP contribution is 2.10. The number of thiophene rings is 1. The Morgan fingerprint density at radius 3 is 2.75 bits per heavy atom. The minimum atomic E-state index is -0.832. The van der Waals surface area contributed by atoms with E-state index in [2.05, 4.69) is 16.0 Å². The highest BCUT2D eigenvalue weighted by atomic mass is 32.1. The number of nitrogens with one attached hydrogen (secondary N) is 3. The van der Waals surface area contributed by atoms with Crippen LogP contribution in [0.25, 0.3) is 0 Å². The maximum atomic E-state index is 12.4. The molecule has 24 heavy (non-hydrogen) atoms. The van der Waals surface area contributed by atoms with E-state index in [1.54, 1.807) is 0 Å². The first kappa shape index (κ1) is 18.1. The van der Waals surface area contributed by atoms with Gasteiger partial charge in [-0.25, -0.2) is 0 Å². The van der Waals surface area contributed by atoms with E-state index in [4.69, 9.17) is 0 Å². The molecule has 7 nitrogen and oxygen atoms in total. The number of hydrogen-bond donors (Lipinski definition) is 3. The van der Waals surface area contributed by atoms with E-state index in [0.29, 0.717) is 13.0 Å². The minimum absolute atomic E-state index is 0.148. The second-order valence-corrected chi connectivity index (χ2v) is 7.05. The molecule has 3 amide bonds. The molecule has 130 valence electrons. The molecule has 2 atom stereocenters. The summed E-state index contributed by atoms with van der Waals surface area (Å²) in [6.45, 7) is 3.96. The molecule has 0 aromatic carbocycles. The molecule has 3 N–H and O–H groups in total. The van der Waals surface area contributed by atoms with Gasteiger partial charge in [-0.05, 0) is 23.8 Å². The van der Waals surface area contributed by atoms with Gasteiger partial charge >= 0.3 is 0 Å². The average molecular weight is 351 g/mol. The first-order chi connectivity index (χ1) is 11.4. The molecule has 0 bridgehead atoms. The van der Waals surface area contributed by atoms with Crippen molar-refractivity contribution in [1.29, 1.82) is 0 Å². The molecule has 2 heterocycles. The molecule has 1 aliphatic rings. The van der Waals surface area contributed by atoms with Crippen LogP contribution in [0.4, 0.5) is 0 Å². The first-order valence-electron chi connectivity index (χ1n) is 7.82. The lowest BCUT2D eigenvalue weighted by Crippen LogP contribution is -2.58. The fourth-order valence-corrected chi connectivity index (χ4v) is 3.14. The maximum Gasteiger partial charge on any atom is 0.289 e. The van der Waals surface area contributed by atoms with Crippen LogP contribution in [0.3, 0.4) is 0 Å². The molecule has 1 aromatic heterocycles. The van der Waals surface area contributed by atoms with Crippen LogP contribution in [-0.4, -0.2) is 42.1 Å². The highest BCUT2D eigenvalue weighted by Gasteiger charge is 2.33. The van der Waals surface area contributed by atoms with Gasteiger partial charge in [0.2, 0.25) is 17.6 Å². The van der Waals surface area contributed by atoms with E-state index in [1.165, 1.54) is 11.3 Å². The summed E-state index contributed by atoms with van der Waals surface area (Å²) in [7, 11) is 0. The molecule has 1 aliphatic heterocycles. The van der Waals surface area contributed by atoms with E-state index < -0.39 is 29.7 Å². The molecule has 2 unspecified atom stereocenters. The first-order valence-corrected chi connectivity index (χ1v) is 8.70. The Morgan fingerprint density at radius 2 is 2.12 bits per heavy atom. The average Bonchev–Trinajstić information content (AvgIpc) is 3.02. The Balaban J connectivity index is 1.96. The van der Waals surface area contributed by atoms with Crippen molar-refractivity contribution in [3.05, 3.63) is 22.4 Å². The van der Waals surface area contributed by atoms with Gasteiger partial charge in [0, 0.05) is 11.4 Å². The number of piperidine rings is 1. The van der Waals surface area contributed by atoms with Gasteiger partial charge in [0.15, 0.2) is 0 Å². The molecular formula is C16H21N3O4S. The van der Waals surface area contributed by atoms with Crippen molar-refractivity contribution in [3.8, 4) is 0 Å². The summed E-state index contributed by atoms with van der Waals surface area (Å²) in [5.74, 6) is -2.18. The fraction of sp³-hybridized carbons (Fsp3) is 0.500. The van der Waals surface area contributed by atoms with Gasteiger partial charge in [0.25, 0.3) is 5.91 Å². The molecular weight excluding hydrogens is 330 g/mol. The van der Waals surface area contributed by atoms with Crippen LogP contribution in [0.2, 0.25) is 0 Å². The summed E-state index contributed by atoms with van der Waals surface area (Å²) in [5, 5.41) is 9.62. The van der Waals surface area contributed by atoms with Gasteiger partial charge in [-0.3, -0.25) is 19.2 Å². The summed E-state index contributed by atoms with van der Waals surface area (Å²) in [6.07, 6.45) is 0.559. The van der Waals surface area contributed by atoms with E-state index >= 15 is 0 Å². The normalized spacial score (nSPS) is 18.9. The van der Waals surface area contributed by atoms with Crippen molar-refractivity contribution in [2.75, 3.05) is 6.54 Å². The summed E-state index contributed by atoms with van der Waals surface area (Å²) in [6, 6.07) is 2.13. The molecule has 2 rings (SSSR count). The molecule has 1 saturated heterocycles. The van der Waals surface area contributed by atoms with Gasteiger partial charge in [-0.15, -0.1) is 11.3 Å². The van der Waals surface area contributed by atoms with Crippen molar-refractivity contribution in [1.82, 2.24) is 16.0 Å². The predicted octanol–water partition coefficient (Wildman–Crippen LogP) is 0.00520. The Labute approximate surface area is 144 Å². The molecule has 8 heteroatoms. The van der Waals surface area contributed by atoms with Crippen LogP contribution >= 0.6 is 11.3 Å². The third-order valence-electron chi connectivity index (χ3n) is 3.76. The second-order valence-electron chi connectivity index (χ2n) is 6.02. The smallest absolute Gasteiger partial charge is 0.289 e. The molecule has 1 aromatic rings. The van der Waals surface area contributed by atoms with Crippen molar-refractivity contribution in [2.45, 2.75) is 38.8 Å². The van der Waals surface area contributed by atoms with Crippen molar-refractivity contribution < 1.29 is 19.2 Å². The SMILES string of the molecule is CC(C)C(NC(=O)Cc1cccs1)C(=O)NC1CCNC(=O)C1=O. The largest absolute Gasteiger partial charge is 0.349 e.